The molecule has 122 heavy (non-hydrogen) atoms. The molecule has 8 atom stereocenters. The average Bonchev–Trinajstić information content (AvgIpc) is 1.09. The largest absolute Gasteiger partial charge is 0.309 e. The highest BCUT2D eigenvalue weighted by molar-refractivity contribution is 6.24. The van der Waals surface area contributed by atoms with Gasteiger partial charge in [0, 0.05) is 44.3 Å². The lowest BCUT2D eigenvalue weighted by Crippen LogP contribution is -2.44. The van der Waals surface area contributed by atoms with E-state index in [2.05, 4.69) is 155 Å². The predicted molar refractivity (Wildman–Crippen MR) is 496 cm³/mol. The molecule has 0 spiro atoms. The van der Waals surface area contributed by atoms with E-state index in [0.29, 0.717) is 23.7 Å². The van der Waals surface area contributed by atoms with Gasteiger partial charge in [0.25, 0.3) is 0 Å². The van der Waals surface area contributed by atoms with Gasteiger partial charge in [0.1, 0.15) is 0 Å². The minimum absolute atomic E-state index is 0.279. The highest BCUT2D eigenvalue weighted by Crippen LogP contribution is 2.75. The minimum Gasteiger partial charge on any atom is -0.309 e. The van der Waals surface area contributed by atoms with Crippen molar-refractivity contribution in [3.8, 4) is 11.1 Å². The van der Waals surface area contributed by atoms with Crippen LogP contribution in [0.15, 0.2) is 146 Å². The quantitative estimate of drug-likeness (QED) is 0.0746. The number of nitrogens with zero attached hydrogens (tertiary/aromatic N) is 2. The molecule has 32 saturated carbocycles. The van der Waals surface area contributed by atoms with E-state index in [1.54, 1.807) is 55.9 Å². The number of rotatable bonds is 15. The van der Waals surface area contributed by atoms with Gasteiger partial charge < -0.3 is 9.80 Å². The summed E-state index contributed by atoms with van der Waals surface area (Å²) in [5, 5.41) is 5.93. The summed E-state index contributed by atoms with van der Waals surface area (Å²) in [5.74, 6) is 27.3. The number of hydrogen-bond acceptors (Lipinski definition) is 2. The van der Waals surface area contributed by atoms with Gasteiger partial charge in [-0.25, -0.2) is 0 Å². The fourth-order valence-electron chi connectivity index (χ4n) is 44.2. The van der Waals surface area contributed by atoms with Crippen LogP contribution in [0, 0.1) is 166 Å². The molecule has 40 rings (SSSR count). The molecular formula is C120H136N2. The summed E-state index contributed by atoms with van der Waals surface area (Å²) in [5.41, 5.74) is 27.3. The third-order valence-electron chi connectivity index (χ3n) is 46.0. The van der Waals surface area contributed by atoms with Crippen molar-refractivity contribution in [3.05, 3.63) is 190 Å². The maximum absolute atomic E-state index is 3.21. The van der Waals surface area contributed by atoms with E-state index in [-0.39, 0.29) is 21.7 Å². The Balaban J connectivity index is 0.696. The van der Waals surface area contributed by atoms with Crippen LogP contribution >= 0.6 is 0 Å². The molecule has 2 heteroatoms. The molecule has 0 saturated heterocycles. The van der Waals surface area contributed by atoms with Crippen molar-refractivity contribution < 1.29 is 0 Å². The summed E-state index contributed by atoms with van der Waals surface area (Å²) in [6, 6.07) is 67.2. The first-order valence-electron chi connectivity index (χ1n) is 53.2. The van der Waals surface area contributed by atoms with E-state index in [1.807, 2.05) is 0 Å². The fourth-order valence-corrected chi connectivity index (χ4v) is 44.2. The molecule has 8 aromatic rings. The Morgan fingerprint density at radius 1 is 0.189 bits per heavy atom. The lowest BCUT2D eigenvalue weighted by molar-refractivity contribution is -0.00507. The molecule has 0 radical (unpaired) electrons. The lowest BCUT2D eigenvalue weighted by atomic mass is 9.49. The van der Waals surface area contributed by atoms with Crippen LogP contribution in [0.2, 0.25) is 0 Å². The van der Waals surface area contributed by atoms with Crippen molar-refractivity contribution in [2.24, 2.45) is 166 Å². The van der Waals surface area contributed by atoms with Crippen molar-refractivity contribution in [2.45, 2.75) is 302 Å². The van der Waals surface area contributed by atoms with Gasteiger partial charge >= 0.3 is 0 Å². The van der Waals surface area contributed by atoms with Crippen molar-refractivity contribution >= 4 is 55.7 Å². The van der Waals surface area contributed by atoms with Crippen LogP contribution in [0.1, 0.15) is 325 Å². The second-order valence-corrected chi connectivity index (χ2v) is 51.9. The Morgan fingerprint density at radius 2 is 0.434 bits per heavy atom. The maximum atomic E-state index is 3.21. The topological polar surface area (TPSA) is 6.48 Å². The first-order chi connectivity index (χ1) is 59.9. The summed E-state index contributed by atoms with van der Waals surface area (Å²) in [6.45, 7) is 0. The van der Waals surface area contributed by atoms with Gasteiger partial charge in [-0.15, -0.1) is 0 Å². The predicted octanol–water partition coefficient (Wildman–Crippen LogP) is 31.1. The van der Waals surface area contributed by atoms with E-state index >= 15 is 0 Å². The zero-order valence-corrected chi connectivity index (χ0v) is 73.5. The summed E-state index contributed by atoms with van der Waals surface area (Å²) >= 11 is 0. The fraction of sp³-hybridized carbons (Fsp3) is 0.633. The average molecular weight is 1610 g/mol. The Kier molecular flexibility index (Phi) is 14.6. The number of fused-ring (bicyclic) bond motifs is 2. The van der Waals surface area contributed by atoms with Crippen LogP contribution in [0.3, 0.4) is 0 Å². The lowest BCUT2D eigenvalue weighted by Gasteiger charge is -2.56. The van der Waals surface area contributed by atoms with Gasteiger partial charge in [0.05, 0.1) is 11.4 Å². The van der Waals surface area contributed by atoms with Crippen molar-refractivity contribution in [1.29, 1.82) is 0 Å². The highest BCUT2D eigenvalue weighted by atomic mass is 15.2. The molecule has 0 heterocycles. The van der Waals surface area contributed by atoms with Crippen LogP contribution in [-0.2, 0) is 21.7 Å². The van der Waals surface area contributed by atoms with E-state index in [4.69, 9.17) is 0 Å². The summed E-state index contributed by atoms with van der Waals surface area (Å²) in [7, 11) is 0. The van der Waals surface area contributed by atoms with Crippen LogP contribution in [-0.4, -0.2) is 0 Å². The first kappa shape index (κ1) is 70.9. The van der Waals surface area contributed by atoms with E-state index in [0.717, 1.165) is 166 Å². The molecule has 8 aromatic carbocycles. The smallest absolute Gasteiger partial charge is 0.0620 e. The van der Waals surface area contributed by atoms with E-state index in [1.165, 1.54) is 312 Å². The Labute approximate surface area is 729 Å². The Hall–Kier alpha value is -6.12. The molecule has 32 aliphatic carbocycles. The van der Waals surface area contributed by atoms with Gasteiger partial charge in [-0.1, -0.05) is 91.0 Å². The summed E-state index contributed by atoms with van der Waals surface area (Å²) in [6.07, 6.45) is 58.9. The van der Waals surface area contributed by atoms with Gasteiger partial charge in [-0.3, -0.25) is 0 Å². The minimum atomic E-state index is 0.279. The molecule has 8 unspecified atom stereocenters. The molecule has 32 aliphatic rings. The Morgan fingerprint density at radius 3 is 0.721 bits per heavy atom. The SMILES string of the molecule is c1ccc(-c2ccc3c(N(c4cc(C5C6CC7CC(C6)CC5C7)cc(C5C6CC7CC(C6)CC5C7)c4)c4cc(C56CC7CC(CC5C7)C6)cc(C56CC7CC(CC5C7)C6)c4)c4ccccc4c(N(c4cc(C5C6CC7CC(C6)CC5C7)cc(C5C6CC7CC(C6)CC5C7)c4)c4cc(C56CC7CC(CC5C7)C6)cc(C56CC7CC(CC5C7)C6)c4)c3c2)cc1. The van der Waals surface area contributed by atoms with Crippen molar-refractivity contribution in [3.63, 3.8) is 0 Å². The normalized spacial score (nSPS) is 47.3. The molecule has 32 fully saturated rings. The number of benzene rings is 8. The third-order valence-corrected chi connectivity index (χ3v) is 46.0. The second-order valence-electron chi connectivity index (χ2n) is 51.9. The molecule has 0 aliphatic heterocycles. The van der Waals surface area contributed by atoms with Crippen LogP contribution in [0.4, 0.5) is 34.1 Å². The van der Waals surface area contributed by atoms with Gasteiger partial charge in [-0.05, 0) is 578 Å². The molecule has 0 N–H and O–H groups in total. The maximum Gasteiger partial charge on any atom is 0.0620 e. The third kappa shape index (κ3) is 9.95. The number of anilines is 6. The molecule has 32 bridgehead atoms. The van der Waals surface area contributed by atoms with Crippen molar-refractivity contribution in [1.82, 2.24) is 0 Å². The van der Waals surface area contributed by atoms with E-state index in [9.17, 15) is 0 Å². The first-order valence-corrected chi connectivity index (χ1v) is 53.2. The van der Waals surface area contributed by atoms with Gasteiger partial charge in [-0.2, -0.15) is 0 Å². The molecule has 2 nitrogen and oxygen atoms in total. The Bertz CT molecular complexity index is 5320. The standard InChI is InChI=1S/C120H136N2/c1-2-6-81(7-3-1)82-10-11-109-110(50-82)116(122(106-55-101(119-61-77-18-78(62-119)41-97(119)40-77)52-102(56-106)120-63-79-19-80(64-120)43-98(120)42-79)104-48-93(113-87-28-69-14-70(30-87)31-88(113)29-69)45-94(49-104)114-89-32-71-15-72(34-89)35-90(114)33-71)108-9-5-4-8-107(108)115(109)121(105-53-99(117-57-73-16-74(58-117)37-95(117)36-73)51-100(54-105)118-59-75-17-76(60-118)39-96(118)38-75)103-46-91(111-83-20-65-12-66(22-83)23-84(111)21-65)44-92(47-103)112-85-24-67-13-68(26-85)27-86(112)25-67/h1-11,44-56,65-80,83-90,95-98,111-114H,12-43,57-64H2. The zero-order chi connectivity index (χ0) is 78.4. The summed E-state index contributed by atoms with van der Waals surface area (Å²) in [4.78, 5) is 6.41. The van der Waals surface area contributed by atoms with E-state index < -0.39 is 0 Å². The van der Waals surface area contributed by atoms with Crippen molar-refractivity contribution in [2.75, 3.05) is 9.80 Å². The number of hydrogen-bond donors (Lipinski definition) is 0. The molecular weight excluding hydrogens is 1470 g/mol. The summed E-state index contributed by atoms with van der Waals surface area (Å²) < 4.78 is 0. The second kappa shape index (κ2) is 25.0. The van der Waals surface area contributed by atoms with Gasteiger partial charge in [0.2, 0.25) is 0 Å². The zero-order valence-electron chi connectivity index (χ0n) is 73.5. The van der Waals surface area contributed by atoms with Gasteiger partial charge in [0.15, 0.2) is 0 Å². The molecule has 0 amide bonds. The monoisotopic (exact) mass is 1610 g/mol. The van der Waals surface area contributed by atoms with Crippen LogP contribution < -0.4 is 9.80 Å². The van der Waals surface area contributed by atoms with Crippen LogP contribution in [0.25, 0.3) is 32.7 Å². The van der Waals surface area contributed by atoms with Crippen LogP contribution in [0.5, 0.6) is 0 Å². The molecule has 0 aromatic heterocycles. The highest BCUT2D eigenvalue weighted by Gasteiger charge is 2.65. The molecule has 626 valence electrons.